The molecule has 0 aliphatic carbocycles. The van der Waals surface area contributed by atoms with Crippen molar-refractivity contribution in [2.75, 3.05) is 19.8 Å². The molecule has 1 fully saturated rings. The van der Waals surface area contributed by atoms with E-state index in [1.54, 1.807) is 5.38 Å². The van der Waals surface area contributed by atoms with Crippen LogP contribution in [0.15, 0.2) is 23.6 Å². The molecular weight excluding hydrogens is 302 g/mol. The van der Waals surface area contributed by atoms with Gasteiger partial charge in [0, 0.05) is 11.9 Å². The minimum Gasteiger partial charge on any atom is -0.486 e. The maximum absolute atomic E-state index is 12.6. The number of benzene rings is 1. The number of aromatic nitrogens is 2. The van der Waals surface area contributed by atoms with E-state index in [1.165, 1.54) is 11.5 Å². The number of hydrogen-bond donors (Lipinski definition) is 0. The van der Waals surface area contributed by atoms with Gasteiger partial charge >= 0.3 is 0 Å². The highest BCUT2D eigenvalue weighted by Gasteiger charge is 2.32. The van der Waals surface area contributed by atoms with Gasteiger partial charge in [-0.05, 0) is 42.1 Å². The van der Waals surface area contributed by atoms with Crippen LogP contribution < -0.4 is 9.47 Å². The predicted octanol–water partition coefficient (Wildman–Crippen LogP) is 2.29. The molecule has 0 spiro atoms. The zero-order valence-corrected chi connectivity index (χ0v) is 12.7. The molecule has 22 heavy (non-hydrogen) atoms. The average molecular weight is 317 g/mol. The van der Waals surface area contributed by atoms with Crippen molar-refractivity contribution in [3.05, 3.63) is 34.8 Å². The summed E-state index contributed by atoms with van der Waals surface area (Å²) in [6, 6.07) is 5.99. The maximum atomic E-state index is 12.6. The van der Waals surface area contributed by atoms with Crippen molar-refractivity contribution in [3.63, 3.8) is 0 Å². The Hall–Kier alpha value is -2.15. The molecule has 114 valence electrons. The Balaban J connectivity index is 1.62. The summed E-state index contributed by atoms with van der Waals surface area (Å²) in [5, 5.41) is 5.59. The van der Waals surface area contributed by atoms with Gasteiger partial charge in [0.05, 0.1) is 6.04 Å². The van der Waals surface area contributed by atoms with Crippen LogP contribution in [-0.4, -0.2) is 40.2 Å². The van der Waals surface area contributed by atoms with Crippen molar-refractivity contribution < 1.29 is 14.3 Å². The van der Waals surface area contributed by atoms with Crippen LogP contribution in [0.4, 0.5) is 0 Å². The number of hydrogen-bond acceptors (Lipinski definition) is 6. The summed E-state index contributed by atoms with van der Waals surface area (Å²) in [5.41, 5.74) is 1.51. The topological polar surface area (TPSA) is 64.6 Å². The van der Waals surface area contributed by atoms with E-state index < -0.39 is 0 Å². The van der Waals surface area contributed by atoms with E-state index in [-0.39, 0.29) is 11.9 Å². The number of carbonyl (C=O) groups is 1. The first kappa shape index (κ1) is 13.5. The second-order valence-electron chi connectivity index (χ2n) is 5.35. The highest BCUT2D eigenvalue weighted by molar-refractivity contribution is 7.03. The van der Waals surface area contributed by atoms with Crippen LogP contribution in [-0.2, 0) is 0 Å². The standard InChI is InChI=1S/C15H15N3O3S/c19-15(11-9-22-17-16-11)18-5-1-2-12(18)10-3-4-13-14(8-10)21-7-6-20-13/h3-4,8-9,12H,1-2,5-7H2/t12-/m0/s1. The van der Waals surface area contributed by atoms with Gasteiger partial charge in [0.15, 0.2) is 17.2 Å². The molecule has 0 unspecified atom stereocenters. The Kier molecular flexibility index (Phi) is 3.42. The smallest absolute Gasteiger partial charge is 0.275 e. The summed E-state index contributed by atoms with van der Waals surface area (Å²) in [5.74, 6) is 1.49. The summed E-state index contributed by atoms with van der Waals surface area (Å²) in [7, 11) is 0. The molecule has 2 aliphatic rings. The first-order valence-corrected chi connectivity index (χ1v) is 8.14. The molecule has 1 amide bonds. The lowest BCUT2D eigenvalue weighted by Gasteiger charge is -2.26. The lowest BCUT2D eigenvalue weighted by Crippen LogP contribution is -2.31. The Morgan fingerprint density at radius 2 is 2.14 bits per heavy atom. The summed E-state index contributed by atoms with van der Waals surface area (Å²) in [4.78, 5) is 14.4. The third kappa shape index (κ3) is 2.31. The number of ether oxygens (including phenoxy) is 2. The molecule has 1 aromatic carbocycles. The molecule has 3 heterocycles. The van der Waals surface area contributed by atoms with E-state index in [2.05, 4.69) is 9.59 Å². The first-order valence-electron chi connectivity index (χ1n) is 7.30. The van der Waals surface area contributed by atoms with E-state index in [9.17, 15) is 4.79 Å². The zero-order valence-electron chi connectivity index (χ0n) is 11.9. The monoisotopic (exact) mass is 317 g/mol. The second kappa shape index (κ2) is 5.57. The number of amides is 1. The normalized spacial score (nSPS) is 20.2. The van der Waals surface area contributed by atoms with Gasteiger partial charge in [-0.15, -0.1) is 5.10 Å². The Morgan fingerprint density at radius 1 is 1.27 bits per heavy atom. The highest BCUT2D eigenvalue weighted by Crippen LogP contribution is 2.38. The fourth-order valence-corrected chi connectivity index (χ4v) is 3.46. The Bertz CT molecular complexity index is 689. The van der Waals surface area contributed by atoms with Crippen LogP contribution in [0.2, 0.25) is 0 Å². The van der Waals surface area contributed by atoms with Gasteiger partial charge in [-0.25, -0.2) is 0 Å². The number of fused-ring (bicyclic) bond motifs is 1. The van der Waals surface area contributed by atoms with E-state index in [0.717, 1.165) is 36.4 Å². The van der Waals surface area contributed by atoms with Crippen LogP contribution in [0, 0.1) is 0 Å². The third-order valence-electron chi connectivity index (χ3n) is 4.04. The summed E-state index contributed by atoms with van der Waals surface area (Å²) in [6.07, 6.45) is 1.94. The second-order valence-corrected chi connectivity index (χ2v) is 5.96. The van der Waals surface area contributed by atoms with E-state index >= 15 is 0 Å². The van der Waals surface area contributed by atoms with Gasteiger partial charge in [0.25, 0.3) is 5.91 Å². The summed E-state index contributed by atoms with van der Waals surface area (Å²) >= 11 is 1.20. The highest BCUT2D eigenvalue weighted by atomic mass is 32.1. The molecule has 0 N–H and O–H groups in total. The minimum atomic E-state index is -0.0499. The quantitative estimate of drug-likeness (QED) is 0.850. The Labute approximate surface area is 131 Å². The number of nitrogens with zero attached hydrogens (tertiary/aromatic N) is 3. The predicted molar refractivity (Wildman–Crippen MR) is 80.4 cm³/mol. The van der Waals surface area contributed by atoms with Crippen molar-refractivity contribution in [1.29, 1.82) is 0 Å². The average Bonchev–Trinajstić information content (AvgIpc) is 3.25. The van der Waals surface area contributed by atoms with Crippen molar-refractivity contribution in [2.45, 2.75) is 18.9 Å². The molecule has 0 bridgehead atoms. The molecule has 4 rings (SSSR count). The molecule has 0 radical (unpaired) electrons. The summed E-state index contributed by atoms with van der Waals surface area (Å²) in [6.45, 7) is 1.89. The van der Waals surface area contributed by atoms with Gasteiger partial charge < -0.3 is 14.4 Å². The SMILES string of the molecule is O=C(c1csnn1)N1CCC[C@H]1c1ccc2c(c1)OCCO2. The van der Waals surface area contributed by atoms with Crippen LogP contribution in [0.3, 0.4) is 0 Å². The lowest BCUT2D eigenvalue weighted by molar-refractivity contribution is 0.0729. The van der Waals surface area contributed by atoms with Crippen LogP contribution >= 0.6 is 11.5 Å². The minimum absolute atomic E-state index is 0.0499. The molecule has 6 nitrogen and oxygen atoms in total. The summed E-state index contributed by atoms with van der Waals surface area (Å²) < 4.78 is 15.0. The van der Waals surface area contributed by atoms with Gasteiger partial charge in [0.2, 0.25) is 0 Å². The van der Waals surface area contributed by atoms with Crippen molar-refractivity contribution in [1.82, 2.24) is 14.5 Å². The molecule has 1 saturated heterocycles. The number of likely N-dealkylation sites (tertiary alicyclic amines) is 1. The van der Waals surface area contributed by atoms with Crippen LogP contribution in [0.1, 0.15) is 34.9 Å². The lowest BCUT2D eigenvalue weighted by atomic mass is 10.0. The number of carbonyl (C=O) groups excluding carboxylic acids is 1. The molecule has 1 aromatic heterocycles. The molecule has 0 saturated carbocycles. The molecular formula is C15H15N3O3S. The molecule has 2 aliphatic heterocycles. The van der Waals surface area contributed by atoms with Crippen LogP contribution in [0.25, 0.3) is 0 Å². The van der Waals surface area contributed by atoms with Crippen molar-refractivity contribution in [2.24, 2.45) is 0 Å². The van der Waals surface area contributed by atoms with Gasteiger partial charge in [0.1, 0.15) is 13.2 Å². The maximum Gasteiger partial charge on any atom is 0.275 e. The van der Waals surface area contributed by atoms with Gasteiger partial charge in [-0.2, -0.15) is 0 Å². The third-order valence-corrected chi connectivity index (χ3v) is 4.55. The van der Waals surface area contributed by atoms with Gasteiger partial charge in [-0.1, -0.05) is 10.6 Å². The van der Waals surface area contributed by atoms with E-state index in [1.807, 2.05) is 23.1 Å². The molecule has 2 aromatic rings. The fourth-order valence-electron chi connectivity index (χ4n) is 3.03. The Morgan fingerprint density at radius 3 is 2.95 bits per heavy atom. The van der Waals surface area contributed by atoms with Crippen molar-refractivity contribution in [3.8, 4) is 11.5 Å². The zero-order chi connectivity index (χ0) is 14.9. The molecule has 1 atom stereocenters. The van der Waals surface area contributed by atoms with Crippen LogP contribution in [0.5, 0.6) is 11.5 Å². The van der Waals surface area contributed by atoms with Crippen molar-refractivity contribution >= 4 is 17.4 Å². The number of rotatable bonds is 2. The largest absolute Gasteiger partial charge is 0.486 e. The van der Waals surface area contributed by atoms with E-state index in [4.69, 9.17) is 9.47 Å². The van der Waals surface area contributed by atoms with E-state index in [0.29, 0.717) is 18.9 Å². The first-order chi connectivity index (χ1) is 10.8. The van der Waals surface area contributed by atoms with Gasteiger partial charge in [-0.3, -0.25) is 4.79 Å². The molecule has 7 heteroatoms. The fraction of sp³-hybridized carbons (Fsp3) is 0.400.